The van der Waals surface area contributed by atoms with Crippen LogP contribution >= 0.6 is 0 Å². The number of aromatic nitrogens is 2. The first-order valence-corrected chi connectivity index (χ1v) is 4.72. The van der Waals surface area contributed by atoms with Gasteiger partial charge in [0.2, 0.25) is 11.7 Å². The standard InChI is InChI=1S/C11H10N2O3/c1-6-5-8(3-4-9(6)11(14)15)10-12-7(2)16-13-10/h3-5H,1-2H3,(H,14,15). The minimum Gasteiger partial charge on any atom is -0.478 e. The minimum absolute atomic E-state index is 0.281. The SMILES string of the molecule is Cc1nc(-c2ccc(C(=O)O)c(C)c2)no1. The van der Waals surface area contributed by atoms with Gasteiger partial charge in [-0.1, -0.05) is 11.2 Å². The molecule has 0 saturated heterocycles. The number of aromatic carboxylic acids is 1. The molecule has 1 heterocycles. The summed E-state index contributed by atoms with van der Waals surface area (Å²) < 4.78 is 4.86. The summed E-state index contributed by atoms with van der Waals surface area (Å²) in [5.74, 6) is 0.0147. The van der Waals surface area contributed by atoms with E-state index in [4.69, 9.17) is 9.63 Å². The van der Waals surface area contributed by atoms with Crippen LogP contribution in [0.15, 0.2) is 22.7 Å². The quantitative estimate of drug-likeness (QED) is 0.834. The molecule has 0 fully saturated rings. The van der Waals surface area contributed by atoms with Crippen LogP contribution in [0.25, 0.3) is 11.4 Å². The maximum absolute atomic E-state index is 10.8. The molecule has 1 N–H and O–H groups in total. The van der Waals surface area contributed by atoms with Crippen molar-refractivity contribution in [2.45, 2.75) is 13.8 Å². The highest BCUT2D eigenvalue weighted by Gasteiger charge is 2.10. The van der Waals surface area contributed by atoms with Crippen LogP contribution in [0.3, 0.4) is 0 Å². The van der Waals surface area contributed by atoms with Crippen LogP contribution in [-0.2, 0) is 0 Å². The van der Waals surface area contributed by atoms with Gasteiger partial charge in [-0.25, -0.2) is 4.79 Å². The first-order valence-electron chi connectivity index (χ1n) is 4.72. The minimum atomic E-state index is -0.937. The highest BCUT2D eigenvalue weighted by atomic mass is 16.5. The van der Waals surface area contributed by atoms with E-state index in [1.54, 1.807) is 32.0 Å². The molecular formula is C11H10N2O3. The molecule has 2 rings (SSSR count). The average molecular weight is 218 g/mol. The molecule has 2 aromatic rings. The predicted octanol–water partition coefficient (Wildman–Crippen LogP) is 2.05. The Bertz CT molecular complexity index is 546. The molecule has 82 valence electrons. The van der Waals surface area contributed by atoms with Crippen molar-refractivity contribution in [1.82, 2.24) is 10.1 Å². The Morgan fingerprint density at radius 1 is 1.38 bits per heavy atom. The molecule has 0 aliphatic heterocycles. The van der Waals surface area contributed by atoms with Crippen molar-refractivity contribution in [1.29, 1.82) is 0 Å². The van der Waals surface area contributed by atoms with Crippen LogP contribution in [0.5, 0.6) is 0 Å². The largest absolute Gasteiger partial charge is 0.478 e. The molecule has 5 heteroatoms. The summed E-state index contributed by atoms with van der Waals surface area (Å²) in [5.41, 5.74) is 1.70. The van der Waals surface area contributed by atoms with Crippen LogP contribution in [0.1, 0.15) is 21.8 Å². The number of aryl methyl sites for hydroxylation is 2. The first-order chi connectivity index (χ1) is 7.58. The van der Waals surface area contributed by atoms with Gasteiger partial charge >= 0.3 is 5.97 Å². The van der Waals surface area contributed by atoms with E-state index in [0.717, 1.165) is 5.56 Å². The van der Waals surface area contributed by atoms with E-state index in [-0.39, 0.29) is 5.56 Å². The van der Waals surface area contributed by atoms with E-state index < -0.39 is 5.97 Å². The van der Waals surface area contributed by atoms with Crippen molar-refractivity contribution in [2.24, 2.45) is 0 Å². The summed E-state index contributed by atoms with van der Waals surface area (Å²) in [6.45, 7) is 3.44. The predicted molar refractivity (Wildman–Crippen MR) is 56.2 cm³/mol. The molecule has 0 amide bonds. The summed E-state index contributed by atoms with van der Waals surface area (Å²) in [5, 5.41) is 12.6. The highest BCUT2D eigenvalue weighted by Crippen LogP contribution is 2.19. The Morgan fingerprint density at radius 2 is 2.12 bits per heavy atom. The molecular weight excluding hydrogens is 208 g/mol. The van der Waals surface area contributed by atoms with Crippen molar-refractivity contribution < 1.29 is 14.4 Å². The number of nitrogens with zero attached hydrogens (tertiary/aromatic N) is 2. The van der Waals surface area contributed by atoms with Crippen molar-refractivity contribution in [3.63, 3.8) is 0 Å². The van der Waals surface area contributed by atoms with Gasteiger partial charge in [0.25, 0.3) is 0 Å². The summed E-state index contributed by atoms with van der Waals surface area (Å²) in [6.07, 6.45) is 0. The lowest BCUT2D eigenvalue weighted by Gasteiger charge is -2.01. The van der Waals surface area contributed by atoms with E-state index >= 15 is 0 Å². The van der Waals surface area contributed by atoms with Crippen LogP contribution < -0.4 is 0 Å². The highest BCUT2D eigenvalue weighted by molar-refractivity contribution is 5.90. The Balaban J connectivity index is 2.45. The van der Waals surface area contributed by atoms with Gasteiger partial charge in [0.05, 0.1) is 5.56 Å². The van der Waals surface area contributed by atoms with Crippen LogP contribution in [0.4, 0.5) is 0 Å². The van der Waals surface area contributed by atoms with Crippen LogP contribution in [0.2, 0.25) is 0 Å². The second-order valence-electron chi connectivity index (χ2n) is 3.47. The fourth-order valence-corrected chi connectivity index (χ4v) is 1.46. The molecule has 16 heavy (non-hydrogen) atoms. The smallest absolute Gasteiger partial charge is 0.335 e. The van der Waals surface area contributed by atoms with Crippen molar-refractivity contribution in [2.75, 3.05) is 0 Å². The molecule has 1 aromatic carbocycles. The van der Waals surface area contributed by atoms with Crippen molar-refractivity contribution in [3.8, 4) is 11.4 Å². The van der Waals surface area contributed by atoms with E-state index in [2.05, 4.69) is 10.1 Å². The van der Waals surface area contributed by atoms with Gasteiger partial charge in [0.1, 0.15) is 0 Å². The number of benzene rings is 1. The zero-order chi connectivity index (χ0) is 11.7. The average Bonchev–Trinajstić information content (AvgIpc) is 2.64. The Morgan fingerprint density at radius 3 is 2.62 bits per heavy atom. The maximum Gasteiger partial charge on any atom is 0.335 e. The molecule has 1 aromatic heterocycles. The zero-order valence-corrected chi connectivity index (χ0v) is 8.89. The van der Waals surface area contributed by atoms with Crippen molar-refractivity contribution >= 4 is 5.97 Å². The monoisotopic (exact) mass is 218 g/mol. The van der Waals surface area contributed by atoms with Gasteiger partial charge in [-0.15, -0.1) is 0 Å². The molecule has 0 atom stereocenters. The normalized spacial score (nSPS) is 10.4. The molecule has 0 aliphatic carbocycles. The van der Waals surface area contributed by atoms with Crippen molar-refractivity contribution in [3.05, 3.63) is 35.2 Å². The van der Waals surface area contributed by atoms with Gasteiger partial charge in [-0.05, 0) is 24.6 Å². The third-order valence-electron chi connectivity index (χ3n) is 2.24. The lowest BCUT2D eigenvalue weighted by Crippen LogP contribution is -1.99. The fraction of sp³-hybridized carbons (Fsp3) is 0.182. The molecule has 0 spiro atoms. The third-order valence-corrected chi connectivity index (χ3v) is 2.24. The number of rotatable bonds is 2. The fourth-order valence-electron chi connectivity index (χ4n) is 1.46. The number of carboxylic acids is 1. The summed E-state index contributed by atoms with van der Waals surface area (Å²) >= 11 is 0. The van der Waals surface area contributed by atoms with Gasteiger partial charge in [0, 0.05) is 12.5 Å². The Kier molecular flexibility index (Phi) is 2.44. The Labute approximate surface area is 91.7 Å². The lowest BCUT2D eigenvalue weighted by molar-refractivity contribution is 0.0696. The molecule has 5 nitrogen and oxygen atoms in total. The van der Waals surface area contributed by atoms with Gasteiger partial charge in [-0.3, -0.25) is 0 Å². The second kappa shape index (κ2) is 3.77. The van der Waals surface area contributed by atoms with Gasteiger partial charge < -0.3 is 9.63 Å². The number of hydrogen-bond acceptors (Lipinski definition) is 4. The van der Waals surface area contributed by atoms with E-state index in [1.165, 1.54) is 0 Å². The summed E-state index contributed by atoms with van der Waals surface area (Å²) in [7, 11) is 0. The second-order valence-corrected chi connectivity index (χ2v) is 3.47. The topological polar surface area (TPSA) is 76.2 Å². The van der Waals surface area contributed by atoms with Crippen LogP contribution in [-0.4, -0.2) is 21.2 Å². The zero-order valence-electron chi connectivity index (χ0n) is 8.89. The number of carbonyl (C=O) groups is 1. The third kappa shape index (κ3) is 1.79. The van der Waals surface area contributed by atoms with E-state index in [9.17, 15) is 4.79 Å². The maximum atomic E-state index is 10.8. The van der Waals surface area contributed by atoms with E-state index in [0.29, 0.717) is 17.3 Å². The Hall–Kier alpha value is -2.17. The van der Waals surface area contributed by atoms with Gasteiger partial charge in [0.15, 0.2) is 0 Å². The van der Waals surface area contributed by atoms with Crippen LogP contribution in [0, 0.1) is 13.8 Å². The molecule has 0 radical (unpaired) electrons. The lowest BCUT2D eigenvalue weighted by atomic mass is 10.1. The summed E-state index contributed by atoms with van der Waals surface area (Å²) in [4.78, 5) is 14.9. The molecule has 0 unspecified atom stereocenters. The molecule has 0 bridgehead atoms. The molecule has 0 saturated carbocycles. The van der Waals surface area contributed by atoms with E-state index in [1.807, 2.05) is 0 Å². The van der Waals surface area contributed by atoms with Gasteiger partial charge in [-0.2, -0.15) is 4.98 Å². The molecule has 0 aliphatic rings. The first kappa shape index (κ1) is 10.4. The summed E-state index contributed by atoms with van der Waals surface area (Å²) in [6, 6.07) is 4.94. The number of hydrogen-bond donors (Lipinski definition) is 1. The number of carboxylic acid groups (broad SMARTS) is 1.